The normalized spacial score (nSPS) is 11.3. The number of benzene rings is 2. The molecule has 1 heterocycles. The van der Waals surface area contributed by atoms with Crippen LogP contribution < -0.4 is 15.9 Å². The van der Waals surface area contributed by atoms with E-state index in [1.54, 1.807) is 48.1 Å². The van der Waals surface area contributed by atoms with Gasteiger partial charge in [-0.2, -0.15) is 5.10 Å². The highest BCUT2D eigenvalue weighted by atomic mass is 19.1. The predicted octanol–water partition coefficient (Wildman–Crippen LogP) is 3.20. The number of halogens is 2. The van der Waals surface area contributed by atoms with Crippen LogP contribution in [0.25, 0.3) is 5.69 Å². The molecule has 3 N–H and O–H groups in total. The molecule has 0 radical (unpaired) electrons. The number of carbonyl (C=O) groups is 1. The van der Waals surface area contributed by atoms with Gasteiger partial charge in [0.05, 0.1) is 0 Å². The Hall–Kier alpha value is -3.68. The zero-order valence-electron chi connectivity index (χ0n) is 14.3. The molecular weight excluding hydrogens is 354 g/mol. The Kier molecular flexibility index (Phi) is 5.16. The molecule has 0 unspecified atom stereocenters. The van der Waals surface area contributed by atoms with E-state index >= 15 is 0 Å². The number of rotatable bonds is 6. The van der Waals surface area contributed by atoms with Crippen molar-refractivity contribution in [3.8, 4) is 17.2 Å². The van der Waals surface area contributed by atoms with Gasteiger partial charge in [0.15, 0.2) is 29.5 Å². The van der Waals surface area contributed by atoms with Gasteiger partial charge in [0.1, 0.15) is 11.4 Å². The third-order valence-electron chi connectivity index (χ3n) is 3.77. The van der Waals surface area contributed by atoms with Crippen LogP contribution in [0.2, 0.25) is 0 Å². The number of hydrogen-bond donors (Lipinski definition) is 2. The first-order valence-electron chi connectivity index (χ1n) is 7.94. The number of nitrogens with zero attached hydrogens (tertiary/aromatic N) is 2. The lowest BCUT2D eigenvalue weighted by atomic mass is 10.2. The van der Waals surface area contributed by atoms with Crippen molar-refractivity contribution in [3.05, 3.63) is 77.6 Å². The van der Waals surface area contributed by atoms with Crippen LogP contribution in [0.4, 0.5) is 8.78 Å². The monoisotopic (exact) mass is 370 g/mol. The van der Waals surface area contributed by atoms with Gasteiger partial charge in [0, 0.05) is 24.5 Å². The van der Waals surface area contributed by atoms with Gasteiger partial charge in [-0.3, -0.25) is 4.79 Å². The first kappa shape index (κ1) is 18.1. The molecule has 6 nitrogen and oxygen atoms in total. The Morgan fingerprint density at radius 3 is 2.41 bits per heavy atom. The van der Waals surface area contributed by atoms with Crippen LogP contribution in [0.5, 0.6) is 11.5 Å². The zero-order chi connectivity index (χ0) is 19.4. The molecule has 0 fully saturated rings. The summed E-state index contributed by atoms with van der Waals surface area (Å²) >= 11 is 0. The van der Waals surface area contributed by atoms with Crippen LogP contribution in [0, 0.1) is 11.6 Å². The van der Waals surface area contributed by atoms with Gasteiger partial charge in [0.2, 0.25) is 0 Å². The Morgan fingerprint density at radius 2 is 1.81 bits per heavy atom. The number of nitrogens with two attached hydrogens (primary N) is 1. The molecule has 0 aliphatic heterocycles. The van der Waals surface area contributed by atoms with E-state index in [1.165, 1.54) is 6.07 Å². The van der Waals surface area contributed by atoms with Gasteiger partial charge < -0.3 is 20.5 Å². The van der Waals surface area contributed by atoms with Crippen molar-refractivity contribution in [1.29, 1.82) is 0 Å². The summed E-state index contributed by atoms with van der Waals surface area (Å²) in [5.74, 6) is -1.67. The molecule has 0 aliphatic carbocycles. The molecule has 2 aromatic carbocycles. The Labute approximate surface area is 153 Å². The van der Waals surface area contributed by atoms with Crippen LogP contribution in [0.3, 0.4) is 0 Å². The SMILES string of the molecule is CN/N=C(/N)c1c(C=O)ccn1-c1ccc(Oc2c(F)cccc2F)cc1. The summed E-state index contributed by atoms with van der Waals surface area (Å²) < 4.78 is 34.4. The van der Waals surface area contributed by atoms with E-state index in [4.69, 9.17) is 10.5 Å². The van der Waals surface area contributed by atoms with E-state index in [0.29, 0.717) is 23.2 Å². The average molecular weight is 370 g/mol. The summed E-state index contributed by atoms with van der Waals surface area (Å²) in [6.07, 6.45) is 2.35. The van der Waals surface area contributed by atoms with Crippen molar-refractivity contribution in [3.63, 3.8) is 0 Å². The molecule has 3 rings (SSSR count). The largest absolute Gasteiger partial charge is 0.451 e. The number of hydrazone groups is 1. The van der Waals surface area contributed by atoms with Crippen molar-refractivity contribution in [2.45, 2.75) is 0 Å². The molecule has 0 saturated heterocycles. The number of ether oxygens (including phenoxy) is 1. The number of nitrogens with one attached hydrogen (secondary N) is 1. The maximum Gasteiger partial charge on any atom is 0.198 e. The highest BCUT2D eigenvalue weighted by Gasteiger charge is 2.15. The van der Waals surface area contributed by atoms with Crippen molar-refractivity contribution in [2.75, 3.05) is 7.05 Å². The number of aldehydes is 1. The minimum absolute atomic E-state index is 0.137. The number of para-hydroxylation sites is 1. The van der Waals surface area contributed by atoms with E-state index in [2.05, 4.69) is 10.5 Å². The van der Waals surface area contributed by atoms with E-state index < -0.39 is 17.4 Å². The molecule has 0 aliphatic rings. The fourth-order valence-electron chi connectivity index (χ4n) is 2.58. The Bertz CT molecular complexity index is 977. The highest BCUT2D eigenvalue weighted by Crippen LogP contribution is 2.28. The topological polar surface area (TPSA) is 81.6 Å². The number of aromatic nitrogens is 1. The molecule has 0 saturated carbocycles. The summed E-state index contributed by atoms with van der Waals surface area (Å²) in [7, 11) is 1.59. The second-order valence-corrected chi connectivity index (χ2v) is 5.47. The third kappa shape index (κ3) is 3.64. The number of amidine groups is 1. The van der Waals surface area contributed by atoms with Gasteiger partial charge in [0.25, 0.3) is 0 Å². The van der Waals surface area contributed by atoms with E-state index in [9.17, 15) is 13.6 Å². The van der Waals surface area contributed by atoms with Crippen molar-refractivity contribution < 1.29 is 18.3 Å². The first-order chi connectivity index (χ1) is 13.0. The molecule has 0 bridgehead atoms. The van der Waals surface area contributed by atoms with Gasteiger partial charge >= 0.3 is 0 Å². The summed E-state index contributed by atoms with van der Waals surface area (Å²) in [5.41, 5.74) is 9.97. The van der Waals surface area contributed by atoms with Gasteiger partial charge in [-0.1, -0.05) is 6.07 Å². The molecule has 3 aromatic rings. The van der Waals surface area contributed by atoms with Gasteiger partial charge in [-0.15, -0.1) is 0 Å². The number of hydrogen-bond acceptors (Lipinski definition) is 4. The molecule has 27 heavy (non-hydrogen) atoms. The maximum absolute atomic E-state index is 13.7. The van der Waals surface area contributed by atoms with E-state index in [0.717, 1.165) is 12.1 Å². The van der Waals surface area contributed by atoms with Crippen LogP contribution >= 0.6 is 0 Å². The molecular formula is C19H16F2N4O2. The lowest BCUT2D eigenvalue weighted by molar-refractivity contribution is 0.112. The third-order valence-corrected chi connectivity index (χ3v) is 3.77. The van der Waals surface area contributed by atoms with Crippen LogP contribution in [-0.4, -0.2) is 23.7 Å². The quantitative estimate of drug-likeness (QED) is 0.302. The first-order valence-corrected chi connectivity index (χ1v) is 7.94. The lowest BCUT2D eigenvalue weighted by Gasteiger charge is -2.12. The fourth-order valence-corrected chi connectivity index (χ4v) is 2.58. The van der Waals surface area contributed by atoms with E-state index in [-0.39, 0.29) is 11.6 Å². The van der Waals surface area contributed by atoms with Crippen LogP contribution in [0.1, 0.15) is 16.1 Å². The van der Waals surface area contributed by atoms with Crippen LogP contribution in [-0.2, 0) is 0 Å². The molecule has 0 spiro atoms. The van der Waals surface area contributed by atoms with Crippen molar-refractivity contribution in [2.24, 2.45) is 10.8 Å². The summed E-state index contributed by atoms with van der Waals surface area (Å²) in [6.45, 7) is 0. The molecule has 8 heteroatoms. The summed E-state index contributed by atoms with van der Waals surface area (Å²) in [5, 5.41) is 3.91. The minimum Gasteiger partial charge on any atom is -0.451 e. The van der Waals surface area contributed by atoms with Crippen LogP contribution in [0.15, 0.2) is 59.8 Å². The summed E-state index contributed by atoms with van der Waals surface area (Å²) in [4.78, 5) is 11.3. The standard InChI is InChI=1S/C19H16F2N4O2/c1-23-24-19(22)17-12(11-26)9-10-25(17)13-5-7-14(8-6-13)27-18-15(20)3-2-4-16(18)21/h2-11,23H,1H3,(H2,22,24). The predicted molar refractivity (Wildman–Crippen MR) is 97.4 cm³/mol. The maximum atomic E-state index is 13.7. The van der Waals surface area contributed by atoms with E-state index in [1.807, 2.05) is 0 Å². The molecule has 138 valence electrons. The fraction of sp³-hybridized carbons (Fsp3) is 0.0526. The second kappa shape index (κ2) is 7.69. The summed E-state index contributed by atoms with van der Waals surface area (Å²) in [6, 6.07) is 11.5. The smallest absolute Gasteiger partial charge is 0.198 e. The second-order valence-electron chi connectivity index (χ2n) is 5.47. The Balaban J connectivity index is 1.94. The zero-order valence-corrected chi connectivity index (χ0v) is 14.3. The average Bonchev–Trinajstić information content (AvgIpc) is 3.10. The molecule has 0 amide bonds. The highest BCUT2D eigenvalue weighted by molar-refractivity contribution is 6.03. The van der Waals surface area contributed by atoms with Gasteiger partial charge in [-0.25, -0.2) is 8.78 Å². The number of carbonyl (C=O) groups excluding carboxylic acids is 1. The van der Waals surface area contributed by atoms with Crippen molar-refractivity contribution >= 4 is 12.1 Å². The Morgan fingerprint density at radius 1 is 1.15 bits per heavy atom. The van der Waals surface area contributed by atoms with Crippen molar-refractivity contribution in [1.82, 2.24) is 9.99 Å². The molecule has 1 aromatic heterocycles. The lowest BCUT2D eigenvalue weighted by Crippen LogP contribution is -2.22. The van der Waals surface area contributed by atoms with Gasteiger partial charge in [-0.05, 0) is 42.5 Å². The minimum atomic E-state index is -0.793. The molecule has 0 atom stereocenters.